The first-order chi connectivity index (χ1) is 12.4. The molecule has 0 amide bonds. The maximum atomic E-state index is 14.1. The third kappa shape index (κ3) is 2.78. The lowest BCUT2D eigenvalue weighted by Crippen LogP contribution is -2.57. The second kappa shape index (κ2) is 6.13. The first-order valence-corrected chi connectivity index (χ1v) is 9.07. The molecule has 2 heterocycles. The van der Waals surface area contributed by atoms with Crippen LogP contribution in [0.3, 0.4) is 0 Å². The third-order valence-electron chi connectivity index (χ3n) is 5.29. The summed E-state index contributed by atoms with van der Waals surface area (Å²) in [6.45, 7) is 3.78. The fourth-order valence-corrected chi connectivity index (χ4v) is 4.21. The van der Waals surface area contributed by atoms with Gasteiger partial charge in [-0.2, -0.15) is 0 Å². The molecule has 1 saturated carbocycles. The number of anilines is 2. The average Bonchev–Trinajstić information content (AvgIpc) is 3.33. The number of hydrogen-bond acceptors (Lipinski definition) is 4. The van der Waals surface area contributed by atoms with Gasteiger partial charge in [-0.15, -0.1) is 0 Å². The fourth-order valence-electron chi connectivity index (χ4n) is 3.84. The summed E-state index contributed by atoms with van der Waals surface area (Å²) in [6, 6.07) is 6.71. The molecule has 1 aliphatic heterocycles. The molecule has 7 heteroatoms. The molecule has 1 spiro atoms. The fraction of sp³-hybridized carbons (Fsp3) is 0.368. The van der Waals surface area contributed by atoms with Crippen molar-refractivity contribution in [3.05, 3.63) is 52.4 Å². The molecule has 4 rings (SSSR count). The summed E-state index contributed by atoms with van der Waals surface area (Å²) in [7, 11) is 0. The number of hydrogen-bond donors (Lipinski definition) is 2. The lowest BCUT2D eigenvalue weighted by molar-refractivity contribution is 0.257. The van der Waals surface area contributed by atoms with Gasteiger partial charge in [0.15, 0.2) is 11.6 Å². The molecule has 1 aliphatic carbocycles. The van der Waals surface area contributed by atoms with Crippen LogP contribution in [0.15, 0.2) is 30.5 Å². The zero-order chi connectivity index (χ0) is 18.5. The van der Waals surface area contributed by atoms with Crippen molar-refractivity contribution >= 4 is 28.9 Å². The van der Waals surface area contributed by atoms with Crippen LogP contribution in [0.4, 0.5) is 15.9 Å². The van der Waals surface area contributed by atoms with E-state index in [0.29, 0.717) is 47.6 Å². The standard InChI is InChI=1S/C19H21ClFN5/c1-12-9-13(20)16(15(22)10-12)17(23)26-8-7-25(11-19(26)4-5-19)18-14(21)3-2-6-24-18/h2-3,6,9-10,23H,4-5,7-8,11,22H2,1H3. The Morgan fingerprint density at radius 3 is 2.77 bits per heavy atom. The Kier molecular flexibility index (Phi) is 4.03. The first kappa shape index (κ1) is 17.1. The van der Waals surface area contributed by atoms with E-state index >= 15 is 0 Å². The molecular formula is C19H21ClFN5. The number of nitrogens with two attached hydrogens (primary N) is 1. The first-order valence-electron chi connectivity index (χ1n) is 8.69. The van der Waals surface area contributed by atoms with Crippen LogP contribution in [0.5, 0.6) is 0 Å². The van der Waals surface area contributed by atoms with Crippen molar-refractivity contribution in [2.75, 3.05) is 30.3 Å². The molecule has 0 bridgehead atoms. The van der Waals surface area contributed by atoms with Gasteiger partial charge in [0.2, 0.25) is 0 Å². The van der Waals surface area contributed by atoms with E-state index in [4.69, 9.17) is 22.7 Å². The van der Waals surface area contributed by atoms with Gasteiger partial charge in [-0.1, -0.05) is 11.6 Å². The number of aromatic nitrogens is 1. The van der Waals surface area contributed by atoms with E-state index in [1.54, 1.807) is 12.3 Å². The summed E-state index contributed by atoms with van der Waals surface area (Å²) in [5, 5.41) is 9.24. The van der Waals surface area contributed by atoms with Crippen LogP contribution in [0.1, 0.15) is 24.0 Å². The van der Waals surface area contributed by atoms with E-state index in [1.165, 1.54) is 6.07 Å². The van der Waals surface area contributed by atoms with E-state index < -0.39 is 0 Å². The molecule has 0 unspecified atom stereocenters. The summed E-state index contributed by atoms with van der Waals surface area (Å²) >= 11 is 6.39. The van der Waals surface area contributed by atoms with Gasteiger partial charge < -0.3 is 15.5 Å². The van der Waals surface area contributed by atoms with Gasteiger partial charge in [0.1, 0.15) is 5.84 Å². The van der Waals surface area contributed by atoms with E-state index in [2.05, 4.69) is 9.88 Å². The molecule has 5 nitrogen and oxygen atoms in total. The van der Waals surface area contributed by atoms with Gasteiger partial charge >= 0.3 is 0 Å². The van der Waals surface area contributed by atoms with Crippen molar-refractivity contribution in [1.29, 1.82) is 5.41 Å². The Hall–Kier alpha value is -2.34. The van der Waals surface area contributed by atoms with Crippen molar-refractivity contribution < 1.29 is 4.39 Å². The highest BCUT2D eigenvalue weighted by Crippen LogP contribution is 2.46. The highest BCUT2D eigenvalue weighted by atomic mass is 35.5. The Bertz CT molecular complexity index is 857. The molecule has 26 heavy (non-hydrogen) atoms. The van der Waals surface area contributed by atoms with Crippen molar-refractivity contribution in [2.45, 2.75) is 25.3 Å². The lowest BCUT2D eigenvalue weighted by atomic mass is 10.0. The van der Waals surface area contributed by atoms with Gasteiger partial charge in [0.05, 0.1) is 16.1 Å². The zero-order valence-corrected chi connectivity index (χ0v) is 15.4. The number of nitrogen functional groups attached to an aromatic ring is 1. The lowest BCUT2D eigenvalue weighted by Gasteiger charge is -2.44. The van der Waals surface area contributed by atoms with Gasteiger partial charge in [-0.25, -0.2) is 9.37 Å². The summed E-state index contributed by atoms with van der Waals surface area (Å²) in [4.78, 5) is 8.26. The molecule has 1 aromatic carbocycles. The Morgan fingerprint density at radius 2 is 2.12 bits per heavy atom. The van der Waals surface area contributed by atoms with E-state index in [1.807, 2.05) is 24.0 Å². The minimum Gasteiger partial charge on any atom is -0.398 e. The number of benzene rings is 1. The summed E-state index contributed by atoms with van der Waals surface area (Å²) in [6.07, 6.45) is 3.53. The van der Waals surface area contributed by atoms with Crippen LogP contribution in [0.25, 0.3) is 0 Å². The molecule has 2 aliphatic rings. The summed E-state index contributed by atoms with van der Waals surface area (Å²) in [5.41, 5.74) is 8.07. The number of pyridine rings is 1. The van der Waals surface area contributed by atoms with Gasteiger partial charge in [-0.3, -0.25) is 5.41 Å². The highest BCUT2D eigenvalue weighted by Gasteiger charge is 2.53. The number of amidine groups is 1. The third-order valence-corrected chi connectivity index (χ3v) is 5.59. The Morgan fingerprint density at radius 1 is 1.35 bits per heavy atom. The van der Waals surface area contributed by atoms with E-state index in [0.717, 1.165) is 18.4 Å². The molecule has 1 aromatic heterocycles. The van der Waals surface area contributed by atoms with Crippen LogP contribution in [-0.2, 0) is 0 Å². The molecule has 136 valence electrons. The quantitative estimate of drug-likeness (QED) is 0.480. The second-order valence-electron chi connectivity index (χ2n) is 7.17. The molecule has 2 fully saturated rings. The molecule has 0 atom stereocenters. The van der Waals surface area contributed by atoms with Crippen LogP contribution in [0, 0.1) is 18.2 Å². The number of halogens is 2. The minimum absolute atomic E-state index is 0.167. The molecular weight excluding hydrogens is 353 g/mol. The largest absolute Gasteiger partial charge is 0.398 e. The second-order valence-corrected chi connectivity index (χ2v) is 7.57. The topological polar surface area (TPSA) is 69.2 Å². The van der Waals surface area contributed by atoms with Crippen molar-refractivity contribution in [3.8, 4) is 0 Å². The zero-order valence-electron chi connectivity index (χ0n) is 14.6. The monoisotopic (exact) mass is 373 g/mol. The maximum absolute atomic E-state index is 14.1. The Labute approximate surface area is 157 Å². The van der Waals surface area contributed by atoms with Crippen LogP contribution in [-0.4, -0.2) is 40.9 Å². The van der Waals surface area contributed by atoms with Crippen LogP contribution < -0.4 is 10.6 Å². The normalized spacial score (nSPS) is 18.3. The average molecular weight is 374 g/mol. The van der Waals surface area contributed by atoms with Crippen molar-refractivity contribution in [1.82, 2.24) is 9.88 Å². The molecule has 0 radical (unpaired) electrons. The molecule has 2 aromatic rings. The highest BCUT2D eigenvalue weighted by molar-refractivity contribution is 6.34. The van der Waals surface area contributed by atoms with Crippen LogP contribution >= 0.6 is 11.6 Å². The summed E-state index contributed by atoms with van der Waals surface area (Å²) in [5.74, 6) is 0.432. The minimum atomic E-state index is -0.308. The van der Waals surface area contributed by atoms with Gasteiger partial charge in [0.25, 0.3) is 0 Å². The van der Waals surface area contributed by atoms with Gasteiger partial charge in [0, 0.05) is 31.5 Å². The maximum Gasteiger partial charge on any atom is 0.165 e. The van der Waals surface area contributed by atoms with E-state index in [9.17, 15) is 4.39 Å². The van der Waals surface area contributed by atoms with Crippen LogP contribution in [0.2, 0.25) is 5.02 Å². The number of nitrogens with zero attached hydrogens (tertiary/aromatic N) is 3. The number of aryl methyl sites for hydroxylation is 1. The number of piperazine rings is 1. The van der Waals surface area contributed by atoms with Crippen molar-refractivity contribution in [2.24, 2.45) is 0 Å². The number of rotatable bonds is 2. The van der Waals surface area contributed by atoms with Gasteiger partial charge in [-0.05, 0) is 49.6 Å². The Balaban J connectivity index is 1.61. The molecule has 3 N–H and O–H groups in total. The number of nitrogens with one attached hydrogen (secondary N) is 1. The molecule has 1 saturated heterocycles. The predicted octanol–water partition coefficient (Wildman–Crippen LogP) is 3.44. The smallest absolute Gasteiger partial charge is 0.165 e. The SMILES string of the molecule is Cc1cc(N)c(C(=N)N2CCN(c3ncccc3F)CC23CC3)c(Cl)c1. The van der Waals surface area contributed by atoms with E-state index in [-0.39, 0.29) is 11.4 Å². The van der Waals surface area contributed by atoms with Crippen molar-refractivity contribution in [3.63, 3.8) is 0 Å². The summed E-state index contributed by atoms with van der Waals surface area (Å²) < 4.78 is 14.1. The predicted molar refractivity (Wildman–Crippen MR) is 103 cm³/mol.